The molecule has 1 heterocycles. The Morgan fingerprint density at radius 1 is 1.44 bits per heavy atom. The van der Waals surface area contributed by atoms with Gasteiger partial charge in [-0.25, -0.2) is 4.79 Å². The Balaban J connectivity index is 2.19. The summed E-state index contributed by atoms with van der Waals surface area (Å²) in [5, 5.41) is 20.5. The first-order valence-corrected chi connectivity index (χ1v) is 6.26. The number of aliphatic hydroxyl groups is 1. The van der Waals surface area contributed by atoms with E-state index < -0.39 is 11.6 Å². The molecule has 18 heavy (non-hydrogen) atoms. The Labute approximate surface area is 106 Å². The summed E-state index contributed by atoms with van der Waals surface area (Å²) in [7, 11) is 0. The summed E-state index contributed by atoms with van der Waals surface area (Å²) in [6.45, 7) is 1.62. The Hall–Kier alpha value is -1.14. The molecule has 1 aliphatic heterocycles. The third-order valence-corrected chi connectivity index (χ3v) is 3.06. The zero-order valence-corrected chi connectivity index (χ0v) is 10.6. The summed E-state index contributed by atoms with van der Waals surface area (Å²) >= 11 is 0. The predicted molar refractivity (Wildman–Crippen MR) is 64.1 cm³/mol. The Morgan fingerprint density at radius 2 is 2.17 bits per heavy atom. The van der Waals surface area contributed by atoms with Crippen molar-refractivity contribution in [2.24, 2.45) is 0 Å². The fourth-order valence-corrected chi connectivity index (χ4v) is 1.76. The highest BCUT2D eigenvalue weighted by Gasteiger charge is 2.30. The average Bonchev–Trinajstić information content (AvgIpc) is 2.35. The van der Waals surface area contributed by atoms with Gasteiger partial charge in [0.1, 0.15) is 0 Å². The Kier molecular flexibility index (Phi) is 5.55. The summed E-state index contributed by atoms with van der Waals surface area (Å²) in [5.41, 5.74) is -1.92. The molecule has 0 aromatic rings. The number of carbonyl (C=O) groups excluding carboxylic acids is 1. The van der Waals surface area contributed by atoms with Crippen LogP contribution in [-0.4, -0.2) is 46.9 Å². The van der Waals surface area contributed by atoms with E-state index in [1.165, 1.54) is 0 Å². The molecule has 0 aliphatic carbocycles. The maximum atomic E-state index is 11.5. The molecule has 6 nitrogen and oxygen atoms in total. The van der Waals surface area contributed by atoms with Crippen molar-refractivity contribution in [3.8, 4) is 0 Å². The molecule has 1 rings (SSSR count). The van der Waals surface area contributed by atoms with Crippen LogP contribution in [0.25, 0.3) is 0 Å². The lowest BCUT2D eigenvalue weighted by molar-refractivity contribution is -0.156. The lowest BCUT2D eigenvalue weighted by atomic mass is 10.0. The number of aliphatic carboxylic acids is 1. The molecule has 104 valence electrons. The number of amides is 1. The smallest absolute Gasteiger partial charge is 0.337 e. The van der Waals surface area contributed by atoms with Gasteiger partial charge in [0.05, 0.1) is 12.6 Å². The predicted octanol–water partition coefficient (Wildman–Crippen LogP) is 0.287. The molecule has 0 bridgehead atoms. The molecular weight excluding hydrogens is 238 g/mol. The van der Waals surface area contributed by atoms with Crippen molar-refractivity contribution in [3.05, 3.63) is 0 Å². The van der Waals surface area contributed by atoms with Gasteiger partial charge in [0.15, 0.2) is 5.60 Å². The topological polar surface area (TPSA) is 95.9 Å². The fourth-order valence-electron chi connectivity index (χ4n) is 1.76. The van der Waals surface area contributed by atoms with Crippen LogP contribution < -0.4 is 5.32 Å². The van der Waals surface area contributed by atoms with Crippen LogP contribution in [0.5, 0.6) is 0 Å². The lowest BCUT2D eigenvalue weighted by Crippen LogP contribution is -2.46. The van der Waals surface area contributed by atoms with Gasteiger partial charge in [-0.05, 0) is 32.6 Å². The largest absolute Gasteiger partial charge is 0.479 e. The van der Waals surface area contributed by atoms with E-state index >= 15 is 0 Å². The maximum Gasteiger partial charge on any atom is 0.337 e. The van der Waals surface area contributed by atoms with Crippen LogP contribution in [-0.2, 0) is 14.3 Å². The molecule has 3 N–H and O–H groups in total. The first-order chi connectivity index (χ1) is 8.42. The number of hydrogen-bond acceptors (Lipinski definition) is 4. The van der Waals surface area contributed by atoms with Crippen LogP contribution in [0.2, 0.25) is 0 Å². The van der Waals surface area contributed by atoms with Crippen LogP contribution in [0.15, 0.2) is 0 Å². The number of hydrogen-bond donors (Lipinski definition) is 3. The molecule has 0 spiro atoms. The second kappa shape index (κ2) is 6.70. The zero-order chi connectivity index (χ0) is 13.6. The van der Waals surface area contributed by atoms with E-state index in [1.54, 1.807) is 0 Å². The number of rotatable bonds is 6. The van der Waals surface area contributed by atoms with Gasteiger partial charge in [-0.3, -0.25) is 4.79 Å². The molecule has 1 amide bonds. The molecule has 2 unspecified atom stereocenters. The highest BCUT2D eigenvalue weighted by atomic mass is 16.5. The van der Waals surface area contributed by atoms with Crippen molar-refractivity contribution in [2.45, 2.75) is 50.7 Å². The average molecular weight is 259 g/mol. The molecule has 1 fully saturated rings. The van der Waals surface area contributed by atoms with Crippen LogP contribution >= 0.6 is 0 Å². The molecule has 0 radical (unpaired) electrons. The van der Waals surface area contributed by atoms with Crippen LogP contribution in [0.3, 0.4) is 0 Å². The fraction of sp³-hybridized carbons (Fsp3) is 0.833. The van der Waals surface area contributed by atoms with Gasteiger partial charge in [-0.2, -0.15) is 0 Å². The normalized spacial score (nSPS) is 23.1. The van der Waals surface area contributed by atoms with Crippen molar-refractivity contribution in [1.82, 2.24) is 5.32 Å². The Morgan fingerprint density at radius 3 is 2.72 bits per heavy atom. The number of carboxylic acids is 1. The first-order valence-electron chi connectivity index (χ1n) is 6.26. The molecule has 0 aromatic carbocycles. The summed E-state index contributed by atoms with van der Waals surface area (Å²) in [5.74, 6) is -1.61. The highest BCUT2D eigenvalue weighted by Crippen LogP contribution is 2.16. The molecule has 6 heteroatoms. The van der Waals surface area contributed by atoms with Crippen LogP contribution in [0.4, 0.5) is 0 Å². The van der Waals surface area contributed by atoms with E-state index in [2.05, 4.69) is 5.32 Å². The third kappa shape index (κ3) is 5.01. The van der Waals surface area contributed by atoms with Crippen molar-refractivity contribution >= 4 is 11.9 Å². The molecule has 1 saturated heterocycles. The van der Waals surface area contributed by atoms with Gasteiger partial charge in [0.2, 0.25) is 5.91 Å². The van der Waals surface area contributed by atoms with E-state index in [4.69, 9.17) is 9.84 Å². The van der Waals surface area contributed by atoms with E-state index in [0.29, 0.717) is 12.8 Å². The summed E-state index contributed by atoms with van der Waals surface area (Å²) < 4.78 is 5.49. The monoisotopic (exact) mass is 259 g/mol. The molecular formula is C12H21NO5. The second-order valence-corrected chi connectivity index (χ2v) is 4.88. The first kappa shape index (κ1) is 14.9. The van der Waals surface area contributed by atoms with E-state index in [9.17, 15) is 14.7 Å². The van der Waals surface area contributed by atoms with Gasteiger partial charge >= 0.3 is 5.97 Å². The number of nitrogens with one attached hydrogen (secondary N) is 1. The molecule has 1 aliphatic rings. The van der Waals surface area contributed by atoms with Crippen molar-refractivity contribution in [3.63, 3.8) is 0 Å². The van der Waals surface area contributed by atoms with Crippen molar-refractivity contribution < 1.29 is 24.5 Å². The standard InChI is InChI=1S/C12H21NO5/c1-12(17,11(15)16)8-13-10(14)6-5-9-4-2-3-7-18-9/h9,17H,2-8H2,1H3,(H,13,14)(H,15,16). The minimum atomic E-state index is -1.92. The number of carboxylic acid groups (broad SMARTS) is 1. The van der Waals surface area contributed by atoms with Gasteiger partial charge in [-0.1, -0.05) is 0 Å². The van der Waals surface area contributed by atoms with Gasteiger partial charge in [-0.15, -0.1) is 0 Å². The quantitative estimate of drug-likeness (QED) is 0.637. The zero-order valence-electron chi connectivity index (χ0n) is 10.6. The Bertz CT molecular complexity index is 297. The highest BCUT2D eigenvalue weighted by molar-refractivity contribution is 5.80. The van der Waals surface area contributed by atoms with E-state index in [0.717, 1.165) is 32.8 Å². The summed E-state index contributed by atoms with van der Waals surface area (Å²) in [6.07, 6.45) is 4.23. The maximum absolute atomic E-state index is 11.5. The van der Waals surface area contributed by atoms with E-state index in [-0.39, 0.29) is 18.6 Å². The van der Waals surface area contributed by atoms with Crippen LogP contribution in [0, 0.1) is 0 Å². The lowest BCUT2D eigenvalue weighted by Gasteiger charge is -2.22. The molecule has 0 aromatic heterocycles. The van der Waals surface area contributed by atoms with Gasteiger partial charge in [0.25, 0.3) is 0 Å². The molecule has 0 saturated carbocycles. The minimum absolute atomic E-state index is 0.129. The van der Waals surface area contributed by atoms with Crippen molar-refractivity contribution in [1.29, 1.82) is 0 Å². The number of carbonyl (C=O) groups is 2. The number of ether oxygens (including phenoxy) is 1. The minimum Gasteiger partial charge on any atom is -0.479 e. The molecule has 2 atom stereocenters. The second-order valence-electron chi connectivity index (χ2n) is 4.88. The summed E-state index contributed by atoms with van der Waals surface area (Å²) in [4.78, 5) is 22.1. The van der Waals surface area contributed by atoms with Gasteiger partial charge in [0, 0.05) is 13.0 Å². The van der Waals surface area contributed by atoms with Crippen molar-refractivity contribution in [2.75, 3.05) is 13.2 Å². The third-order valence-electron chi connectivity index (χ3n) is 3.06. The van der Waals surface area contributed by atoms with Crippen LogP contribution in [0.1, 0.15) is 39.0 Å². The van der Waals surface area contributed by atoms with Gasteiger partial charge < -0.3 is 20.3 Å². The summed E-state index contributed by atoms with van der Waals surface area (Å²) in [6, 6.07) is 0. The SMILES string of the molecule is CC(O)(CNC(=O)CCC1CCCCO1)C(=O)O. The van der Waals surface area contributed by atoms with E-state index in [1.807, 2.05) is 0 Å².